The highest BCUT2D eigenvalue weighted by molar-refractivity contribution is 5.87. The standard InChI is InChI=1S/C20H36O3/c1-4-5-6-8-12-18(21)13-11-16-20(14-9-7-10-15-20)23-19(22)17(2)3/h18,21H,2,4-16H2,1,3H3. The Morgan fingerprint density at radius 3 is 2.39 bits per heavy atom. The molecule has 0 radical (unpaired) electrons. The molecule has 1 aliphatic carbocycles. The van der Waals surface area contributed by atoms with Crippen molar-refractivity contribution < 1.29 is 14.6 Å². The lowest BCUT2D eigenvalue weighted by Gasteiger charge is -2.37. The summed E-state index contributed by atoms with van der Waals surface area (Å²) in [6.07, 6.45) is 13.5. The van der Waals surface area contributed by atoms with Gasteiger partial charge in [-0.25, -0.2) is 4.79 Å². The van der Waals surface area contributed by atoms with Crippen LogP contribution >= 0.6 is 0 Å². The molecule has 1 rings (SSSR count). The molecule has 0 aliphatic heterocycles. The summed E-state index contributed by atoms with van der Waals surface area (Å²) in [7, 11) is 0. The molecule has 0 aromatic heterocycles. The first-order valence-electron chi connectivity index (χ1n) is 9.56. The van der Waals surface area contributed by atoms with Gasteiger partial charge in [0.25, 0.3) is 0 Å². The highest BCUT2D eigenvalue weighted by atomic mass is 16.6. The number of carbonyl (C=O) groups excluding carboxylic acids is 1. The molecule has 3 heteroatoms. The number of unbranched alkanes of at least 4 members (excludes halogenated alkanes) is 3. The van der Waals surface area contributed by atoms with Crippen molar-refractivity contribution in [2.45, 2.75) is 109 Å². The fourth-order valence-corrected chi connectivity index (χ4v) is 3.49. The molecule has 0 aromatic rings. The Morgan fingerprint density at radius 1 is 1.13 bits per heavy atom. The summed E-state index contributed by atoms with van der Waals surface area (Å²) in [6, 6.07) is 0. The Bertz CT molecular complexity index is 356. The summed E-state index contributed by atoms with van der Waals surface area (Å²) in [5.74, 6) is -0.257. The number of aliphatic hydroxyl groups excluding tert-OH is 1. The first kappa shape index (κ1) is 20.2. The van der Waals surface area contributed by atoms with Gasteiger partial charge in [0, 0.05) is 5.57 Å². The molecular weight excluding hydrogens is 288 g/mol. The van der Waals surface area contributed by atoms with E-state index < -0.39 is 0 Å². The van der Waals surface area contributed by atoms with Gasteiger partial charge in [-0.15, -0.1) is 0 Å². The molecule has 1 unspecified atom stereocenters. The Balaban J connectivity index is 2.36. The maximum atomic E-state index is 11.9. The lowest BCUT2D eigenvalue weighted by molar-refractivity contribution is -0.159. The Kier molecular flexibility index (Phi) is 9.54. The normalized spacial score (nSPS) is 18.4. The van der Waals surface area contributed by atoms with Gasteiger partial charge in [-0.05, 0) is 58.3 Å². The Morgan fingerprint density at radius 2 is 1.78 bits per heavy atom. The number of ether oxygens (including phenoxy) is 1. The summed E-state index contributed by atoms with van der Waals surface area (Å²) in [5, 5.41) is 10.1. The van der Waals surface area contributed by atoms with Crippen molar-refractivity contribution in [3.63, 3.8) is 0 Å². The quantitative estimate of drug-likeness (QED) is 0.318. The minimum atomic E-state index is -0.309. The van der Waals surface area contributed by atoms with Crippen LogP contribution in [0.25, 0.3) is 0 Å². The molecule has 0 bridgehead atoms. The van der Waals surface area contributed by atoms with Gasteiger partial charge in [0.05, 0.1) is 6.10 Å². The molecule has 1 aliphatic rings. The van der Waals surface area contributed by atoms with E-state index in [1.54, 1.807) is 6.92 Å². The van der Waals surface area contributed by atoms with Crippen molar-refractivity contribution in [1.29, 1.82) is 0 Å². The average molecular weight is 325 g/mol. The third kappa shape index (κ3) is 8.01. The summed E-state index contributed by atoms with van der Waals surface area (Å²) >= 11 is 0. The van der Waals surface area contributed by atoms with Gasteiger partial charge in [0.1, 0.15) is 5.60 Å². The number of carbonyl (C=O) groups is 1. The maximum absolute atomic E-state index is 11.9. The van der Waals surface area contributed by atoms with Crippen LogP contribution < -0.4 is 0 Å². The van der Waals surface area contributed by atoms with E-state index in [0.29, 0.717) is 5.57 Å². The molecule has 0 heterocycles. The van der Waals surface area contributed by atoms with Crippen LogP contribution in [0.3, 0.4) is 0 Å². The number of rotatable bonds is 11. The number of esters is 1. The van der Waals surface area contributed by atoms with Gasteiger partial charge in [-0.2, -0.15) is 0 Å². The van der Waals surface area contributed by atoms with Gasteiger partial charge >= 0.3 is 5.97 Å². The fraction of sp³-hybridized carbons (Fsp3) is 0.850. The average Bonchev–Trinajstić information content (AvgIpc) is 2.52. The minimum Gasteiger partial charge on any atom is -0.456 e. The molecule has 0 amide bonds. The van der Waals surface area contributed by atoms with E-state index in [0.717, 1.165) is 57.8 Å². The van der Waals surface area contributed by atoms with Crippen LogP contribution in [0.2, 0.25) is 0 Å². The van der Waals surface area contributed by atoms with E-state index in [1.165, 1.54) is 25.7 Å². The van der Waals surface area contributed by atoms with Crippen LogP contribution in [0.5, 0.6) is 0 Å². The highest BCUT2D eigenvalue weighted by Crippen LogP contribution is 2.36. The van der Waals surface area contributed by atoms with Crippen molar-refractivity contribution in [3.8, 4) is 0 Å². The van der Waals surface area contributed by atoms with Crippen molar-refractivity contribution in [2.75, 3.05) is 0 Å². The third-order valence-corrected chi connectivity index (χ3v) is 4.98. The lowest BCUT2D eigenvalue weighted by Crippen LogP contribution is -2.37. The van der Waals surface area contributed by atoms with E-state index in [4.69, 9.17) is 4.74 Å². The summed E-state index contributed by atoms with van der Waals surface area (Å²) < 4.78 is 5.82. The molecule has 1 N–H and O–H groups in total. The van der Waals surface area contributed by atoms with E-state index >= 15 is 0 Å². The van der Waals surface area contributed by atoms with Crippen LogP contribution in [0, 0.1) is 0 Å². The van der Waals surface area contributed by atoms with Gasteiger partial charge in [0.2, 0.25) is 0 Å². The Labute approximate surface area is 142 Å². The molecule has 0 spiro atoms. The molecular formula is C20H36O3. The summed E-state index contributed by atoms with van der Waals surface area (Å²) in [4.78, 5) is 11.9. The van der Waals surface area contributed by atoms with Crippen LogP contribution in [0.1, 0.15) is 97.3 Å². The fourth-order valence-electron chi connectivity index (χ4n) is 3.49. The van der Waals surface area contributed by atoms with Gasteiger partial charge < -0.3 is 9.84 Å². The van der Waals surface area contributed by atoms with E-state index in [9.17, 15) is 9.90 Å². The van der Waals surface area contributed by atoms with Crippen molar-refractivity contribution in [2.24, 2.45) is 0 Å². The third-order valence-electron chi connectivity index (χ3n) is 4.98. The van der Waals surface area contributed by atoms with Crippen molar-refractivity contribution in [1.82, 2.24) is 0 Å². The van der Waals surface area contributed by atoms with Gasteiger partial charge in [-0.3, -0.25) is 0 Å². The molecule has 1 saturated carbocycles. The van der Waals surface area contributed by atoms with Gasteiger partial charge in [-0.1, -0.05) is 45.6 Å². The zero-order chi connectivity index (χ0) is 17.1. The van der Waals surface area contributed by atoms with E-state index in [1.807, 2.05) is 0 Å². The minimum absolute atomic E-state index is 0.204. The van der Waals surface area contributed by atoms with Crippen LogP contribution in [-0.4, -0.2) is 22.8 Å². The second-order valence-electron chi connectivity index (χ2n) is 7.31. The highest BCUT2D eigenvalue weighted by Gasteiger charge is 2.35. The second-order valence-corrected chi connectivity index (χ2v) is 7.31. The molecule has 3 nitrogen and oxygen atoms in total. The van der Waals surface area contributed by atoms with Gasteiger partial charge in [0.15, 0.2) is 0 Å². The van der Waals surface area contributed by atoms with E-state index in [-0.39, 0.29) is 17.7 Å². The van der Waals surface area contributed by atoms with Crippen LogP contribution in [0.4, 0.5) is 0 Å². The van der Waals surface area contributed by atoms with Crippen molar-refractivity contribution in [3.05, 3.63) is 12.2 Å². The number of hydrogen-bond donors (Lipinski definition) is 1. The monoisotopic (exact) mass is 324 g/mol. The predicted octanol–water partition coefficient (Wildman–Crippen LogP) is 5.31. The smallest absolute Gasteiger partial charge is 0.333 e. The van der Waals surface area contributed by atoms with E-state index in [2.05, 4.69) is 13.5 Å². The zero-order valence-electron chi connectivity index (χ0n) is 15.2. The first-order valence-corrected chi connectivity index (χ1v) is 9.56. The molecule has 1 atom stereocenters. The Hall–Kier alpha value is -0.830. The number of aliphatic hydroxyl groups is 1. The summed E-state index contributed by atoms with van der Waals surface area (Å²) in [6.45, 7) is 7.60. The summed E-state index contributed by atoms with van der Waals surface area (Å²) in [5.41, 5.74) is 0.168. The van der Waals surface area contributed by atoms with Crippen LogP contribution in [0.15, 0.2) is 12.2 Å². The molecule has 0 aromatic carbocycles. The largest absolute Gasteiger partial charge is 0.456 e. The zero-order valence-corrected chi connectivity index (χ0v) is 15.2. The molecule has 0 saturated heterocycles. The first-order chi connectivity index (χ1) is 11.0. The predicted molar refractivity (Wildman–Crippen MR) is 95.3 cm³/mol. The molecule has 1 fully saturated rings. The second kappa shape index (κ2) is 10.9. The lowest BCUT2D eigenvalue weighted by atomic mass is 9.80. The SMILES string of the molecule is C=C(C)C(=O)OC1(CCCC(O)CCCCCC)CCCCC1. The van der Waals surface area contributed by atoms with Crippen molar-refractivity contribution >= 4 is 5.97 Å². The molecule has 23 heavy (non-hydrogen) atoms. The van der Waals surface area contributed by atoms with Crippen LogP contribution in [-0.2, 0) is 9.53 Å². The topological polar surface area (TPSA) is 46.5 Å². The molecule has 134 valence electrons. The maximum Gasteiger partial charge on any atom is 0.333 e. The number of hydrogen-bond acceptors (Lipinski definition) is 3.